The Morgan fingerprint density at radius 1 is 1.48 bits per heavy atom. The summed E-state index contributed by atoms with van der Waals surface area (Å²) in [5, 5.41) is 10.1. The molecule has 0 saturated heterocycles. The van der Waals surface area contributed by atoms with Crippen molar-refractivity contribution in [3.05, 3.63) is 40.8 Å². The Labute approximate surface area is 147 Å². The van der Waals surface area contributed by atoms with Gasteiger partial charge in [-0.1, -0.05) is 6.07 Å². The Balaban J connectivity index is 1.73. The number of nitrogens with zero attached hydrogens (tertiary/aromatic N) is 2. The van der Waals surface area contributed by atoms with Crippen LogP contribution in [0.1, 0.15) is 61.1 Å². The van der Waals surface area contributed by atoms with Gasteiger partial charge in [-0.25, -0.2) is 4.98 Å². The highest BCUT2D eigenvalue weighted by Gasteiger charge is 2.29. The lowest BCUT2D eigenvalue weighted by atomic mass is 9.99. The summed E-state index contributed by atoms with van der Waals surface area (Å²) in [6, 6.07) is 3.72. The van der Waals surface area contributed by atoms with Gasteiger partial charge >= 0.3 is 0 Å². The number of hydrogen-bond acceptors (Lipinski definition) is 5. The fraction of sp³-hybridized carbons (Fsp3) is 0.500. The number of H-pyrrole nitrogens is 1. The van der Waals surface area contributed by atoms with Crippen molar-refractivity contribution in [2.45, 2.75) is 59.0 Å². The van der Waals surface area contributed by atoms with Crippen molar-refractivity contribution in [3.63, 3.8) is 0 Å². The van der Waals surface area contributed by atoms with E-state index in [2.05, 4.69) is 20.5 Å². The molecule has 0 saturated carbocycles. The van der Waals surface area contributed by atoms with E-state index in [9.17, 15) is 4.79 Å². The smallest absolute Gasteiger partial charge is 0.272 e. The first-order valence-electron chi connectivity index (χ1n) is 8.57. The maximum absolute atomic E-state index is 12.6. The lowest BCUT2D eigenvalue weighted by Crippen LogP contribution is -2.27. The van der Waals surface area contributed by atoms with Crippen molar-refractivity contribution in [1.82, 2.24) is 20.5 Å². The Kier molecular flexibility index (Phi) is 5.03. The molecule has 0 aliphatic carbocycles. The Bertz CT molecular complexity index is 757. The Morgan fingerprint density at radius 3 is 3.04 bits per heavy atom. The lowest BCUT2D eigenvalue weighted by Gasteiger charge is -2.25. The third kappa shape index (κ3) is 3.82. The summed E-state index contributed by atoms with van der Waals surface area (Å²) in [7, 11) is 0. The molecule has 1 aliphatic rings. The van der Waals surface area contributed by atoms with E-state index in [1.54, 1.807) is 6.20 Å². The molecule has 2 N–H and O–H groups in total. The minimum Gasteiger partial charge on any atom is -0.475 e. The largest absolute Gasteiger partial charge is 0.475 e. The number of rotatable bonds is 5. The average Bonchev–Trinajstić information content (AvgIpc) is 2.97. The number of ether oxygens (including phenoxy) is 2. The summed E-state index contributed by atoms with van der Waals surface area (Å²) in [6.45, 7) is 8.17. The van der Waals surface area contributed by atoms with Gasteiger partial charge in [0, 0.05) is 30.3 Å². The maximum Gasteiger partial charge on any atom is 0.272 e. The Hall–Kier alpha value is -2.41. The topological polar surface area (TPSA) is 89.1 Å². The van der Waals surface area contributed by atoms with E-state index in [0.717, 1.165) is 16.8 Å². The highest BCUT2D eigenvalue weighted by molar-refractivity contribution is 5.94. The molecule has 0 aromatic carbocycles. The van der Waals surface area contributed by atoms with Crippen LogP contribution in [0.2, 0.25) is 0 Å². The molecular weight excluding hydrogens is 320 g/mol. The zero-order chi connectivity index (χ0) is 18.0. The average molecular weight is 344 g/mol. The van der Waals surface area contributed by atoms with Crippen LogP contribution in [0.25, 0.3) is 0 Å². The molecule has 3 rings (SSSR count). The number of fused-ring (bicyclic) bond motifs is 1. The molecule has 3 heterocycles. The van der Waals surface area contributed by atoms with E-state index in [-0.39, 0.29) is 24.2 Å². The van der Waals surface area contributed by atoms with Crippen molar-refractivity contribution in [2.75, 3.05) is 0 Å². The van der Waals surface area contributed by atoms with E-state index in [4.69, 9.17) is 9.47 Å². The first-order chi connectivity index (χ1) is 12.0. The van der Waals surface area contributed by atoms with Crippen molar-refractivity contribution >= 4 is 5.91 Å². The number of aromatic amines is 1. The number of hydrogen-bond donors (Lipinski definition) is 2. The number of pyridine rings is 1. The van der Waals surface area contributed by atoms with Crippen LogP contribution in [0.15, 0.2) is 18.3 Å². The highest BCUT2D eigenvalue weighted by atomic mass is 16.5. The molecule has 7 nitrogen and oxygen atoms in total. The molecule has 0 spiro atoms. The second kappa shape index (κ2) is 7.23. The van der Waals surface area contributed by atoms with Gasteiger partial charge in [0.15, 0.2) is 5.69 Å². The fourth-order valence-corrected chi connectivity index (χ4v) is 3.01. The van der Waals surface area contributed by atoms with Gasteiger partial charge in [0.25, 0.3) is 5.91 Å². The molecule has 25 heavy (non-hydrogen) atoms. The van der Waals surface area contributed by atoms with Crippen LogP contribution in [0.3, 0.4) is 0 Å². The van der Waals surface area contributed by atoms with Crippen LogP contribution < -0.4 is 10.1 Å². The van der Waals surface area contributed by atoms with Crippen molar-refractivity contribution in [3.8, 4) is 5.88 Å². The molecule has 134 valence electrons. The molecule has 0 fully saturated rings. The molecular formula is C18H24N4O3. The SMILES string of the molecule is CC(C)Oc1ncccc1CNC(=O)c1n[nH]c2c1C[C@H](C)O[C@@H]2C. The summed E-state index contributed by atoms with van der Waals surface area (Å²) in [4.78, 5) is 16.8. The van der Waals surface area contributed by atoms with E-state index < -0.39 is 0 Å². The van der Waals surface area contributed by atoms with Gasteiger partial charge in [-0.3, -0.25) is 9.89 Å². The zero-order valence-electron chi connectivity index (χ0n) is 15.0. The van der Waals surface area contributed by atoms with E-state index in [0.29, 0.717) is 24.5 Å². The molecule has 7 heteroatoms. The molecule has 2 atom stereocenters. The van der Waals surface area contributed by atoms with E-state index in [1.807, 2.05) is 39.8 Å². The van der Waals surface area contributed by atoms with Gasteiger partial charge < -0.3 is 14.8 Å². The van der Waals surface area contributed by atoms with Gasteiger partial charge in [0.1, 0.15) is 0 Å². The molecule has 0 radical (unpaired) electrons. The van der Waals surface area contributed by atoms with E-state index in [1.165, 1.54) is 0 Å². The Morgan fingerprint density at radius 2 is 2.28 bits per heavy atom. The van der Waals surface area contributed by atoms with E-state index >= 15 is 0 Å². The number of amides is 1. The van der Waals surface area contributed by atoms with Crippen LogP contribution >= 0.6 is 0 Å². The number of nitrogens with one attached hydrogen (secondary N) is 2. The van der Waals surface area contributed by atoms with Gasteiger partial charge in [0.2, 0.25) is 5.88 Å². The first kappa shape index (κ1) is 17.4. The standard InChI is InChI=1S/C18H24N4O3/c1-10(2)24-18-13(6-5-7-19-18)9-20-17(23)16-14-8-11(3)25-12(4)15(14)21-22-16/h5-7,10-12H,8-9H2,1-4H3,(H,20,23)(H,21,22)/t11-,12+/m0/s1. The molecule has 2 aromatic heterocycles. The van der Waals surface area contributed by atoms with Crippen LogP contribution in [0.5, 0.6) is 5.88 Å². The normalized spacial score (nSPS) is 19.6. The van der Waals surface area contributed by atoms with Crippen molar-refractivity contribution in [2.24, 2.45) is 0 Å². The first-order valence-corrected chi connectivity index (χ1v) is 8.57. The van der Waals surface area contributed by atoms with Crippen molar-refractivity contribution < 1.29 is 14.3 Å². The summed E-state index contributed by atoms with van der Waals surface area (Å²) in [5.41, 5.74) is 3.09. The lowest BCUT2D eigenvalue weighted by molar-refractivity contribution is -0.00697. The zero-order valence-corrected chi connectivity index (χ0v) is 15.0. The quantitative estimate of drug-likeness (QED) is 0.870. The van der Waals surface area contributed by atoms with Crippen LogP contribution in [-0.4, -0.2) is 33.3 Å². The number of carbonyl (C=O) groups excluding carboxylic acids is 1. The molecule has 1 amide bonds. The van der Waals surface area contributed by atoms with Crippen LogP contribution in [0, 0.1) is 0 Å². The highest BCUT2D eigenvalue weighted by Crippen LogP contribution is 2.30. The summed E-state index contributed by atoms with van der Waals surface area (Å²) in [5.74, 6) is 0.329. The summed E-state index contributed by atoms with van der Waals surface area (Å²) in [6.07, 6.45) is 2.35. The number of carbonyl (C=O) groups is 1. The molecule has 1 aliphatic heterocycles. The minimum absolute atomic E-state index is 0.0192. The maximum atomic E-state index is 12.6. The second-order valence-corrected chi connectivity index (χ2v) is 6.57. The molecule has 2 aromatic rings. The van der Waals surface area contributed by atoms with Crippen LogP contribution in [-0.2, 0) is 17.7 Å². The third-order valence-electron chi connectivity index (χ3n) is 4.09. The molecule has 0 unspecified atom stereocenters. The summed E-state index contributed by atoms with van der Waals surface area (Å²) < 4.78 is 11.4. The fourth-order valence-electron chi connectivity index (χ4n) is 3.01. The predicted molar refractivity (Wildman–Crippen MR) is 92.4 cm³/mol. The van der Waals surface area contributed by atoms with Gasteiger partial charge in [-0.05, 0) is 33.8 Å². The second-order valence-electron chi connectivity index (χ2n) is 6.57. The van der Waals surface area contributed by atoms with Crippen molar-refractivity contribution in [1.29, 1.82) is 0 Å². The predicted octanol–water partition coefficient (Wildman–Crippen LogP) is 2.54. The van der Waals surface area contributed by atoms with Gasteiger partial charge in [-0.15, -0.1) is 0 Å². The van der Waals surface area contributed by atoms with Gasteiger partial charge in [-0.2, -0.15) is 5.10 Å². The van der Waals surface area contributed by atoms with Gasteiger partial charge in [0.05, 0.1) is 24.0 Å². The minimum atomic E-state index is -0.210. The third-order valence-corrected chi connectivity index (χ3v) is 4.09. The molecule has 0 bridgehead atoms. The summed E-state index contributed by atoms with van der Waals surface area (Å²) >= 11 is 0. The van der Waals surface area contributed by atoms with Crippen LogP contribution in [0.4, 0.5) is 0 Å². The number of aromatic nitrogens is 3. The monoisotopic (exact) mass is 344 g/mol.